The average molecular weight is 412 g/mol. The van der Waals surface area contributed by atoms with Crippen molar-refractivity contribution in [3.8, 4) is 0 Å². The largest absolute Gasteiger partial charge is 1.00 e. The normalized spacial score (nSPS) is 13.4. The molecule has 0 aliphatic rings. The van der Waals surface area contributed by atoms with E-state index in [1.807, 2.05) is 0 Å². The molecule has 0 fully saturated rings. The number of nitrogens with one attached hydrogen (secondary N) is 1. The maximum Gasteiger partial charge on any atom is 1.00 e. The van der Waals surface area contributed by atoms with E-state index in [1.165, 1.54) is 0 Å². The Labute approximate surface area is 169 Å². The molecule has 0 aliphatic carbocycles. The summed E-state index contributed by atoms with van der Waals surface area (Å²) in [5.74, 6) is -3.87. The molecule has 10 nitrogen and oxygen atoms in total. The number of rotatable bonds is 12. The van der Waals surface area contributed by atoms with Crippen molar-refractivity contribution in [2.24, 2.45) is 5.73 Å². The van der Waals surface area contributed by atoms with Gasteiger partial charge < -0.3 is 25.8 Å². The van der Waals surface area contributed by atoms with Gasteiger partial charge in [-0.1, -0.05) is 21.6 Å². The molecule has 2 atom stereocenters. The summed E-state index contributed by atoms with van der Waals surface area (Å²) in [5, 5.41) is 19.7. The maximum absolute atomic E-state index is 11.7. The zero-order valence-corrected chi connectivity index (χ0v) is 17.3. The Balaban J connectivity index is 0. The molecular weight excluding hydrogens is 395 g/mol. The summed E-state index contributed by atoms with van der Waals surface area (Å²) < 4.78 is 31.1. The van der Waals surface area contributed by atoms with Crippen LogP contribution in [0.25, 0.3) is 0 Å². The van der Waals surface area contributed by atoms with Gasteiger partial charge in [0.15, 0.2) is 0 Å². The minimum atomic E-state index is -4.32. The molecule has 14 heteroatoms. The Bertz CT molecular complexity index is 530. The first-order valence-corrected chi connectivity index (χ1v) is 10.3. The van der Waals surface area contributed by atoms with Crippen molar-refractivity contribution in [1.82, 2.24) is 5.32 Å². The van der Waals surface area contributed by atoms with Gasteiger partial charge in [-0.2, -0.15) is 0 Å². The zero-order chi connectivity index (χ0) is 18.0. The van der Waals surface area contributed by atoms with Crippen molar-refractivity contribution < 1.29 is 67.1 Å². The molecule has 24 heavy (non-hydrogen) atoms. The number of aliphatic carboxylic acids is 2. The van der Waals surface area contributed by atoms with E-state index >= 15 is 0 Å². The van der Waals surface area contributed by atoms with Crippen molar-refractivity contribution in [2.45, 2.75) is 24.9 Å². The van der Waals surface area contributed by atoms with E-state index in [0.717, 1.165) is 21.6 Å². The van der Waals surface area contributed by atoms with Crippen molar-refractivity contribution in [2.75, 3.05) is 17.3 Å². The van der Waals surface area contributed by atoms with E-state index in [-0.39, 0.29) is 53.9 Å². The van der Waals surface area contributed by atoms with Crippen molar-refractivity contribution in [3.05, 3.63) is 0 Å². The van der Waals surface area contributed by atoms with Crippen molar-refractivity contribution >= 4 is 49.6 Å². The van der Waals surface area contributed by atoms with Crippen molar-refractivity contribution in [1.29, 1.82) is 0 Å². The van der Waals surface area contributed by atoms with Crippen LogP contribution in [-0.4, -0.2) is 70.4 Å². The molecular formula is C10H17N2NaO8S3. The van der Waals surface area contributed by atoms with Crippen LogP contribution in [-0.2, 0) is 24.5 Å². The number of carbonyl (C=O) groups is 3. The SMILES string of the molecule is N[C@@H](CCC(=O)O)C(=O)N[C@@H](CSSCCS(=O)(=O)[O-])C(=O)O.[Na+]. The smallest absolute Gasteiger partial charge is 0.748 e. The van der Waals surface area contributed by atoms with Crippen LogP contribution in [0.1, 0.15) is 12.8 Å². The third-order valence-electron chi connectivity index (χ3n) is 2.36. The van der Waals surface area contributed by atoms with Crippen LogP contribution in [0.2, 0.25) is 0 Å². The minimum absolute atomic E-state index is 0. The predicted octanol–water partition coefficient (Wildman–Crippen LogP) is -4.32. The number of amides is 1. The second kappa shape index (κ2) is 13.2. The van der Waals surface area contributed by atoms with Crippen LogP contribution in [0.15, 0.2) is 0 Å². The van der Waals surface area contributed by atoms with Gasteiger partial charge in [-0.05, 0) is 6.42 Å². The van der Waals surface area contributed by atoms with E-state index in [1.54, 1.807) is 0 Å². The molecule has 0 bridgehead atoms. The Morgan fingerprint density at radius 3 is 2.25 bits per heavy atom. The van der Waals surface area contributed by atoms with Gasteiger partial charge in [-0.25, -0.2) is 13.2 Å². The van der Waals surface area contributed by atoms with E-state index in [4.69, 9.17) is 15.9 Å². The number of hydrogen-bond acceptors (Lipinski definition) is 9. The van der Waals surface area contributed by atoms with Crippen LogP contribution in [0.3, 0.4) is 0 Å². The van der Waals surface area contributed by atoms with E-state index < -0.39 is 45.8 Å². The molecule has 0 saturated carbocycles. The summed E-state index contributed by atoms with van der Waals surface area (Å²) in [6.45, 7) is 0. The molecule has 0 saturated heterocycles. The third kappa shape index (κ3) is 14.3. The monoisotopic (exact) mass is 412 g/mol. The molecule has 0 aliphatic heterocycles. The van der Waals surface area contributed by atoms with Gasteiger partial charge in [0.1, 0.15) is 6.04 Å². The molecule has 0 spiro atoms. The molecule has 5 N–H and O–H groups in total. The van der Waals surface area contributed by atoms with Crippen LogP contribution in [0.5, 0.6) is 0 Å². The Hall–Kier alpha value is -0.0200. The summed E-state index contributed by atoms with van der Waals surface area (Å²) in [6.07, 6.45) is -0.447. The van der Waals surface area contributed by atoms with Crippen LogP contribution in [0.4, 0.5) is 0 Å². The van der Waals surface area contributed by atoms with E-state index in [2.05, 4.69) is 5.32 Å². The summed E-state index contributed by atoms with van der Waals surface area (Å²) in [5.41, 5.74) is 5.46. The van der Waals surface area contributed by atoms with Gasteiger partial charge in [0, 0.05) is 23.7 Å². The first-order chi connectivity index (χ1) is 10.5. The number of nitrogens with two attached hydrogens (primary N) is 1. The number of carbonyl (C=O) groups excluding carboxylic acids is 1. The van der Waals surface area contributed by atoms with E-state index in [9.17, 15) is 27.4 Å². The van der Waals surface area contributed by atoms with Crippen LogP contribution >= 0.6 is 21.6 Å². The van der Waals surface area contributed by atoms with Crippen LogP contribution in [0, 0.1) is 0 Å². The molecule has 0 radical (unpaired) electrons. The molecule has 0 unspecified atom stereocenters. The number of carboxylic acids is 2. The van der Waals surface area contributed by atoms with Gasteiger partial charge >= 0.3 is 41.5 Å². The maximum atomic E-state index is 11.7. The standard InChI is InChI=1S/C10H18N2O8S3.Na/c11-6(1-2-8(13)14)9(15)12-7(10(16)17)5-22-21-3-4-23(18,19)20;/h6-7H,1-5,11H2,(H,12,15)(H,13,14)(H,16,17)(H,18,19,20);/q;+1/p-1/t6-,7-;/m0./s1. The first-order valence-electron chi connectivity index (χ1n) is 6.21. The molecule has 0 aromatic rings. The molecule has 1 amide bonds. The summed E-state index contributed by atoms with van der Waals surface area (Å²) in [4.78, 5) is 33.1. The number of carboxylic acid groups (broad SMARTS) is 2. The summed E-state index contributed by atoms with van der Waals surface area (Å²) >= 11 is 0. The molecule has 0 rings (SSSR count). The fourth-order valence-electron chi connectivity index (χ4n) is 1.17. The summed E-state index contributed by atoms with van der Waals surface area (Å²) in [6, 6.07) is -2.41. The Morgan fingerprint density at radius 1 is 1.21 bits per heavy atom. The first kappa shape index (κ1) is 26.2. The fraction of sp³-hybridized carbons (Fsp3) is 0.700. The van der Waals surface area contributed by atoms with Gasteiger partial charge in [-0.15, -0.1) is 0 Å². The predicted molar refractivity (Wildman–Crippen MR) is 83.9 cm³/mol. The van der Waals surface area contributed by atoms with Gasteiger partial charge in [0.2, 0.25) is 5.91 Å². The van der Waals surface area contributed by atoms with Crippen LogP contribution < -0.4 is 40.6 Å². The topological polar surface area (TPSA) is 187 Å². The fourth-order valence-corrected chi connectivity index (χ4v) is 4.50. The molecule has 134 valence electrons. The second-order valence-corrected chi connectivity index (χ2v) is 8.46. The Morgan fingerprint density at radius 2 is 1.79 bits per heavy atom. The molecule has 0 aromatic heterocycles. The minimum Gasteiger partial charge on any atom is -0.748 e. The Kier molecular flexibility index (Phi) is 14.4. The van der Waals surface area contributed by atoms with Crippen molar-refractivity contribution in [3.63, 3.8) is 0 Å². The van der Waals surface area contributed by atoms with Gasteiger partial charge in [-0.3, -0.25) is 9.59 Å². The number of hydrogen-bond donors (Lipinski definition) is 4. The average Bonchev–Trinajstić information content (AvgIpc) is 2.41. The molecule has 0 heterocycles. The second-order valence-electron chi connectivity index (χ2n) is 4.31. The summed E-state index contributed by atoms with van der Waals surface area (Å²) in [7, 11) is -2.34. The zero-order valence-electron chi connectivity index (χ0n) is 12.8. The molecule has 0 aromatic carbocycles. The van der Waals surface area contributed by atoms with Gasteiger partial charge in [0.25, 0.3) is 0 Å². The quantitative estimate of drug-likeness (QED) is 0.105. The van der Waals surface area contributed by atoms with E-state index in [0.29, 0.717) is 0 Å². The van der Waals surface area contributed by atoms with Gasteiger partial charge in [0.05, 0.1) is 16.2 Å². The third-order valence-corrected chi connectivity index (χ3v) is 5.73.